The SMILES string of the molecule is CCCCCCNC(=O)OC/C=C/C#CC#C/C=C/COC(=O)NCCCCCC. The monoisotopic (exact) mass is 416 g/mol. The van der Waals surface area contributed by atoms with Gasteiger partial charge in [0.2, 0.25) is 0 Å². The third kappa shape index (κ3) is 21.4. The van der Waals surface area contributed by atoms with E-state index in [-0.39, 0.29) is 13.2 Å². The van der Waals surface area contributed by atoms with Crippen molar-refractivity contribution in [1.29, 1.82) is 0 Å². The zero-order valence-electron chi connectivity index (χ0n) is 18.4. The fraction of sp³-hybridized carbons (Fsp3) is 0.583. The van der Waals surface area contributed by atoms with Gasteiger partial charge in [0.05, 0.1) is 0 Å². The van der Waals surface area contributed by atoms with Crippen molar-refractivity contribution in [1.82, 2.24) is 10.6 Å². The molecule has 6 heteroatoms. The Labute approximate surface area is 181 Å². The van der Waals surface area contributed by atoms with Crippen LogP contribution in [-0.2, 0) is 9.47 Å². The molecule has 0 rings (SSSR count). The number of hydrogen-bond donors (Lipinski definition) is 2. The van der Waals surface area contributed by atoms with E-state index in [2.05, 4.69) is 48.2 Å². The van der Waals surface area contributed by atoms with Gasteiger partial charge in [0.15, 0.2) is 0 Å². The van der Waals surface area contributed by atoms with E-state index in [4.69, 9.17) is 9.47 Å². The standard InChI is InChI=1S/C24H36N2O4/c1-3-5-7-15-19-25-23(27)29-21-17-13-11-9-10-12-14-18-22-30-24(28)26-20-16-8-6-4-2/h13-14,17-18H,3-8,15-16,19-22H2,1-2H3,(H,25,27)(H,26,28)/b17-13+,18-14+. The van der Waals surface area contributed by atoms with Gasteiger partial charge < -0.3 is 20.1 Å². The Morgan fingerprint density at radius 1 is 0.700 bits per heavy atom. The van der Waals surface area contributed by atoms with Crippen LogP contribution in [0.25, 0.3) is 0 Å². The molecule has 0 fully saturated rings. The molecule has 166 valence electrons. The molecule has 0 aromatic heterocycles. The first-order chi connectivity index (χ1) is 14.7. The van der Waals surface area contributed by atoms with Gasteiger partial charge >= 0.3 is 12.2 Å². The summed E-state index contributed by atoms with van der Waals surface area (Å²) in [4.78, 5) is 22.8. The van der Waals surface area contributed by atoms with Crippen molar-refractivity contribution < 1.29 is 19.1 Å². The van der Waals surface area contributed by atoms with Crippen molar-refractivity contribution in [3.8, 4) is 23.7 Å². The van der Waals surface area contributed by atoms with Gasteiger partial charge in [-0.05, 0) is 49.0 Å². The van der Waals surface area contributed by atoms with Crippen LogP contribution in [0.3, 0.4) is 0 Å². The van der Waals surface area contributed by atoms with E-state index in [1.54, 1.807) is 24.3 Å². The van der Waals surface area contributed by atoms with E-state index in [0.29, 0.717) is 13.1 Å². The molecule has 0 radical (unpaired) electrons. The fourth-order valence-corrected chi connectivity index (χ4v) is 2.20. The van der Waals surface area contributed by atoms with Gasteiger partial charge in [-0.3, -0.25) is 0 Å². The quantitative estimate of drug-likeness (QED) is 0.317. The van der Waals surface area contributed by atoms with Crippen LogP contribution in [0.2, 0.25) is 0 Å². The average molecular weight is 417 g/mol. The number of allylic oxidation sites excluding steroid dienone is 2. The predicted molar refractivity (Wildman–Crippen MR) is 121 cm³/mol. The van der Waals surface area contributed by atoms with E-state index >= 15 is 0 Å². The van der Waals surface area contributed by atoms with Crippen molar-refractivity contribution in [2.75, 3.05) is 26.3 Å². The summed E-state index contributed by atoms with van der Waals surface area (Å²) < 4.78 is 9.97. The summed E-state index contributed by atoms with van der Waals surface area (Å²) in [5.41, 5.74) is 0. The second-order valence-electron chi connectivity index (χ2n) is 6.52. The van der Waals surface area contributed by atoms with Crippen molar-refractivity contribution in [3.63, 3.8) is 0 Å². The maximum Gasteiger partial charge on any atom is 0.407 e. The third-order valence-corrected chi connectivity index (χ3v) is 3.83. The molecule has 0 heterocycles. The molecule has 0 aliphatic carbocycles. The Kier molecular flexibility index (Phi) is 20.3. The van der Waals surface area contributed by atoms with E-state index < -0.39 is 12.2 Å². The van der Waals surface area contributed by atoms with Crippen molar-refractivity contribution in [2.24, 2.45) is 0 Å². The van der Waals surface area contributed by atoms with E-state index in [1.165, 1.54) is 25.7 Å². The molecular formula is C24H36N2O4. The number of rotatable bonds is 14. The lowest BCUT2D eigenvalue weighted by molar-refractivity contribution is 0.157. The molecule has 0 spiro atoms. The second-order valence-corrected chi connectivity index (χ2v) is 6.52. The molecule has 6 nitrogen and oxygen atoms in total. The minimum atomic E-state index is -0.415. The van der Waals surface area contributed by atoms with E-state index in [1.807, 2.05) is 0 Å². The van der Waals surface area contributed by atoms with Crippen LogP contribution in [0.5, 0.6) is 0 Å². The molecule has 0 aliphatic heterocycles. The molecule has 0 saturated carbocycles. The number of alkyl carbamates (subject to hydrolysis) is 2. The van der Waals surface area contributed by atoms with Crippen molar-refractivity contribution in [2.45, 2.75) is 65.2 Å². The van der Waals surface area contributed by atoms with Crippen LogP contribution in [0.1, 0.15) is 65.2 Å². The molecule has 30 heavy (non-hydrogen) atoms. The first kappa shape index (κ1) is 27.1. The van der Waals surface area contributed by atoms with Crippen LogP contribution < -0.4 is 10.6 Å². The maximum atomic E-state index is 11.4. The van der Waals surface area contributed by atoms with Crippen LogP contribution in [0, 0.1) is 23.7 Å². The van der Waals surface area contributed by atoms with Gasteiger partial charge in [0, 0.05) is 13.1 Å². The summed E-state index contributed by atoms with van der Waals surface area (Å²) in [6.45, 7) is 5.91. The van der Waals surface area contributed by atoms with Gasteiger partial charge in [-0.1, -0.05) is 64.2 Å². The largest absolute Gasteiger partial charge is 0.445 e. The lowest BCUT2D eigenvalue weighted by atomic mass is 10.2. The fourth-order valence-electron chi connectivity index (χ4n) is 2.20. The first-order valence-electron chi connectivity index (χ1n) is 10.8. The molecule has 2 amide bonds. The van der Waals surface area contributed by atoms with Gasteiger partial charge in [-0.25, -0.2) is 9.59 Å². The number of carbonyl (C=O) groups is 2. The summed E-state index contributed by atoms with van der Waals surface area (Å²) in [5, 5.41) is 5.41. The molecular weight excluding hydrogens is 380 g/mol. The van der Waals surface area contributed by atoms with Crippen LogP contribution in [0.15, 0.2) is 24.3 Å². The van der Waals surface area contributed by atoms with Gasteiger partial charge in [0.1, 0.15) is 13.2 Å². The Hall–Kier alpha value is -2.86. The highest BCUT2D eigenvalue weighted by atomic mass is 16.6. The zero-order valence-corrected chi connectivity index (χ0v) is 18.4. The molecule has 0 aromatic carbocycles. The number of carbonyl (C=O) groups excluding carboxylic acids is 2. The number of nitrogens with one attached hydrogen (secondary N) is 2. The topological polar surface area (TPSA) is 76.7 Å². The van der Waals surface area contributed by atoms with E-state index in [0.717, 1.165) is 25.7 Å². The van der Waals surface area contributed by atoms with Crippen LogP contribution >= 0.6 is 0 Å². The summed E-state index contributed by atoms with van der Waals surface area (Å²) in [6, 6.07) is 0. The smallest absolute Gasteiger partial charge is 0.407 e. The Bertz CT molecular complexity index is 577. The average Bonchev–Trinajstić information content (AvgIpc) is 2.74. The molecule has 0 aliphatic rings. The molecule has 0 saturated heterocycles. The van der Waals surface area contributed by atoms with Gasteiger partial charge in [0.25, 0.3) is 0 Å². The summed E-state index contributed by atoms with van der Waals surface area (Å²) in [5.74, 6) is 10.7. The highest BCUT2D eigenvalue weighted by Crippen LogP contribution is 1.97. The zero-order chi connectivity index (χ0) is 22.1. The highest BCUT2D eigenvalue weighted by molar-refractivity contribution is 5.67. The normalized spacial score (nSPS) is 10.1. The first-order valence-corrected chi connectivity index (χ1v) is 10.8. The van der Waals surface area contributed by atoms with Gasteiger partial charge in [-0.2, -0.15) is 0 Å². The minimum Gasteiger partial charge on any atom is -0.445 e. The maximum absolute atomic E-state index is 11.4. The molecule has 0 unspecified atom stereocenters. The molecule has 0 bridgehead atoms. The highest BCUT2D eigenvalue weighted by Gasteiger charge is 1.99. The number of hydrogen-bond acceptors (Lipinski definition) is 4. The Morgan fingerprint density at radius 3 is 1.53 bits per heavy atom. The Balaban J connectivity index is 3.70. The summed E-state index contributed by atoms with van der Waals surface area (Å²) in [7, 11) is 0. The minimum absolute atomic E-state index is 0.167. The van der Waals surface area contributed by atoms with E-state index in [9.17, 15) is 9.59 Å². The van der Waals surface area contributed by atoms with Crippen molar-refractivity contribution in [3.05, 3.63) is 24.3 Å². The molecule has 0 aromatic rings. The van der Waals surface area contributed by atoms with Crippen LogP contribution in [-0.4, -0.2) is 38.5 Å². The second kappa shape index (κ2) is 22.4. The number of amides is 2. The van der Waals surface area contributed by atoms with Gasteiger partial charge in [-0.15, -0.1) is 0 Å². The molecule has 0 atom stereocenters. The number of unbranched alkanes of at least 4 members (excludes halogenated alkanes) is 6. The summed E-state index contributed by atoms with van der Waals surface area (Å²) in [6.07, 6.45) is 14.5. The van der Waals surface area contributed by atoms with Crippen molar-refractivity contribution >= 4 is 12.2 Å². The predicted octanol–water partition coefficient (Wildman–Crippen LogP) is 4.72. The third-order valence-electron chi connectivity index (χ3n) is 3.83. The number of ether oxygens (including phenoxy) is 2. The lowest BCUT2D eigenvalue weighted by Gasteiger charge is -2.04. The summed E-state index contributed by atoms with van der Waals surface area (Å²) >= 11 is 0. The van der Waals surface area contributed by atoms with Crippen LogP contribution in [0.4, 0.5) is 9.59 Å². The Morgan fingerprint density at radius 2 is 1.13 bits per heavy atom. The molecule has 2 N–H and O–H groups in total. The lowest BCUT2D eigenvalue weighted by Crippen LogP contribution is -2.25.